The van der Waals surface area contributed by atoms with Gasteiger partial charge in [-0.15, -0.1) is 20.4 Å². The standard InChI is InChI=1S/C21H15FN6O2S/c1-29-14-8-6-13(7-9-14)12-18-24-26-21(30-18)31-19-11-10-17-23-25-20(28(17)27-19)15-4-2-3-5-16(15)22/h2-11H,12H2,1H3. The molecule has 5 aromatic rings. The van der Waals surface area contributed by atoms with Crippen molar-refractivity contribution in [1.82, 2.24) is 30.0 Å². The predicted octanol–water partition coefficient (Wildman–Crippen LogP) is 4.06. The summed E-state index contributed by atoms with van der Waals surface area (Å²) < 4.78 is 26.6. The minimum absolute atomic E-state index is 0.321. The highest BCUT2D eigenvalue weighted by Gasteiger charge is 2.15. The quantitative estimate of drug-likeness (QED) is 0.395. The van der Waals surface area contributed by atoms with Gasteiger partial charge in [-0.1, -0.05) is 24.3 Å². The molecule has 3 aromatic heterocycles. The number of benzene rings is 2. The lowest BCUT2D eigenvalue weighted by Crippen LogP contribution is -1.97. The van der Waals surface area contributed by atoms with Crippen LogP contribution in [0.4, 0.5) is 4.39 Å². The highest BCUT2D eigenvalue weighted by atomic mass is 32.2. The first-order valence-corrected chi connectivity index (χ1v) is 10.1. The number of halogens is 1. The van der Waals surface area contributed by atoms with Crippen LogP contribution >= 0.6 is 11.8 Å². The maximum Gasteiger partial charge on any atom is 0.283 e. The second kappa shape index (κ2) is 8.15. The number of ether oxygens (including phenoxy) is 1. The Morgan fingerprint density at radius 3 is 2.61 bits per heavy atom. The Morgan fingerprint density at radius 2 is 1.81 bits per heavy atom. The van der Waals surface area contributed by atoms with E-state index in [0.717, 1.165) is 11.3 Å². The largest absolute Gasteiger partial charge is 0.497 e. The summed E-state index contributed by atoms with van der Waals surface area (Å²) >= 11 is 1.21. The number of rotatable bonds is 6. The summed E-state index contributed by atoms with van der Waals surface area (Å²) in [4.78, 5) is 0. The molecule has 3 heterocycles. The van der Waals surface area contributed by atoms with Crippen molar-refractivity contribution in [3.63, 3.8) is 0 Å². The van der Waals surface area contributed by atoms with E-state index in [1.54, 1.807) is 37.4 Å². The maximum absolute atomic E-state index is 14.2. The zero-order valence-corrected chi connectivity index (χ0v) is 17.1. The molecule has 0 unspecified atom stereocenters. The first-order valence-electron chi connectivity index (χ1n) is 9.30. The molecule has 2 aromatic carbocycles. The average molecular weight is 434 g/mol. The van der Waals surface area contributed by atoms with Crippen molar-refractivity contribution < 1.29 is 13.5 Å². The number of aromatic nitrogens is 6. The first kappa shape index (κ1) is 19.2. The summed E-state index contributed by atoms with van der Waals surface area (Å²) in [6.07, 6.45) is 0.507. The van der Waals surface area contributed by atoms with Crippen LogP contribution in [0.5, 0.6) is 5.75 Å². The Bertz CT molecular complexity index is 1350. The van der Waals surface area contributed by atoms with Crippen LogP contribution in [-0.4, -0.2) is 37.1 Å². The Morgan fingerprint density at radius 1 is 0.968 bits per heavy atom. The fraction of sp³-hybridized carbons (Fsp3) is 0.0952. The van der Waals surface area contributed by atoms with E-state index in [1.807, 2.05) is 24.3 Å². The van der Waals surface area contributed by atoms with Gasteiger partial charge in [0.2, 0.25) is 5.89 Å². The number of hydrogen-bond donors (Lipinski definition) is 0. The van der Waals surface area contributed by atoms with Gasteiger partial charge in [-0.25, -0.2) is 4.39 Å². The Labute approximate surface area is 180 Å². The lowest BCUT2D eigenvalue weighted by Gasteiger charge is -2.02. The molecule has 0 spiro atoms. The van der Waals surface area contributed by atoms with Gasteiger partial charge in [0.1, 0.15) is 16.6 Å². The van der Waals surface area contributed by atoms with Gasteiger partial charge in [0.25, 0.3) is 5.22 Å². The smallest absolute Gasteiger partial charge is 0.283 e. The second-order valence-corrected chi connectivity index (χ2v) is 7.51. The van der Waals surface area contributed by atoms with Gasteiger partial charge in [0.05, 0.1) is 19.1 Å². The number of fused-ring (bicyclic) bond motifs is 1. The molecule has 8 nitrogen and oxygen atoms in total. The van der Waals surface area contributed by atoms with Crippen molar-refractivity contribution in [2.75, 3.05) is 7.11 Å². The molecule has 0 aliphatic carbocycles. The summed E-state index contributed by atoms with van der Waals surface area (Å²) in [6, 6.07) is 17.5. The van der Waals surface area contributed by atoms with E-state index >= 15 is 0 Å². The van der Waals surface area contributed by atoms with Crippen molar-refractivity contribution in [3.05, 3.63) is 77.9 Å². The monoisotopic (exact) mass is 434 g/mol. The van der Waals surface area contributed by atoms with Crippen LogP contribution in [0.1, 0.15) is 11.5 Å². The maximum atomic E-state index is 14.2. The van der Waals surface area contributed by atoms with E-state index in [4.69, 9.17) is 9.15 Å². The normalized spacial score (nSPS) is 11.2. The molecule has 0 atom stereocenters. The third-order valence-electron chi connectivity index (χ3n) is 4.51. The summed E-state index contributed by atoms with van der Waals surface area (Å²) in [5, 5.41) is 21.8. The van der Waals surface area contributed by atoms with Crippen LogP contribution in [0.25, 0.3) is 17.0 Å². The summed E-state index contributed by atoms with van der Waals surface area (Å²) in [6.45, 7) is 0. The third-order valence-corrected chi connectivity index (χ3v) is 5.27. The van der Waals surface area contributed by atoms with Gasteiger partial charge >= 0.3 is 0 Å². The number of methoxy groups -OCH3 is 1. The van der Waals surface area contributed by atoms with Crippen molar-refractivity contribution in [2.45, 2.75) is 16.7 Å². The lowest BCUT2D eigenvalue weighted by molar-refractivity contribution is 0.413. The molecule has 0 saturated heterocycles. The molecule has 0 N–H and O–H groups in total. The third kappa shape index (κ3) is 3.97. The number of nitrogens with zero attached hydrogens (tertiary/aromatic N) is 6. The van der Waals surface area contributed by atoms with E-state index in [0.29, 0.717) is 39.6 Å². The van der Waals surface area contributed by atoms with Gasteiger partial charge in [0.15, 0.2) is 11.5 Å². The fourth-order valence-electron chi connectivity index (χ4n) is 3.00. The highest BCUT2D eigenvalue weighted by molar-refractivity contribution is 7.99. The van der Waals surface area contributed by atoms with E-state index in [2.05, 4.69) is 25.5 Å². The van der Waals surface area contributed by atoms with Crippen molar-refractivity contribution >= 4 is 17.4 Å². The molecule has 0 saturated carbocycles. The lowest BCUT2D eigenvalue weighted by atomic mass is 10.1. The van der Waals surface area contributed by atoms with Gasteiger partial charge in [-0.3, -0.25) is 0 Å². The molecule has 0 amide bonds. The van der Waals surface area contributed by atoms with Gasteiger partial charge in [0, 0.05) is 0 Å². The van der Waals surface area contributed by atoms with E-state index in [-0.39, 0.29) is 0 Å². The molecule has 31 heavy (non-hydrogen) atoms. The molecule has 0 aliphatic heterocycles. The molecule has 10 heteroatoms. The molecule has 0 bridgehead atoms. The molecule has 0 fully saturated rings. The van der Waals surface area contributed by atoms with Crippen molar-refractivity contribution in [3.8, 4) is 17.1 Å². The summed E-state index contributed by atoms with van der Waals surface area (Å²) in [5.41, 5.74) is 1.86. The summed E-state index contributed by atoms with van der Waals surface area (Å²) in [5.74, 6) is 1.21. The Kier molecular flexibility index (Phi) is 5.04. The Hall–Kier alpha value is -3.79. The molecule has 0 aliphatic rings. The molecule has 154 valence electrons. The van der Waals surface area contributed by atoms with Gasteiger partial charge in [-0.05, 0) is 53.7 Å². The zero-order chi connectivity index (χ0) is 21.2. The van der Waals surface area contributed by atoms with E-state index in [1.165, 1.54) is 22.3 Å². The SMILES string of the molecule is COc1ccc(Cc2nnc(Sc3ccc4nnc(-c5ccccc5F)n4n3)o2)cc1. The van der Waals surface area contributed by atoms with E-state index in [9.17, 15) is 4.39 Å². The second-order valence-electron chi connectivity index (χ2n) is 6.53. The van der Waals surface area contributed by atoms with Crippen molar-refractivity contribution in [1.29, 1.82) is 0 Å². The van der Waals surface area contributed by atoms with Crippen LogP contribution in [0.15, 0.2) is 75.3 Å². The minimum Gasteiger partial charge on any atom is -0.497 e. The van der Waals surface area contributed by atoms with Gasteiger partial charge < -0.3 is 9.15 Å². The molecular weight excluding hydrogens is 419 g/mol. The van der Waals surface area contributed by atoms with Crippen molar-refractivity contribution in [2.24, 2.45) is 0 Å². The highest BCUT2D eigenvalue weighted by Crippen LogP contribution is 2.27. The van der Waals surface area contributed by atoms with E-state index < -0.39 is 5.82 Å². The van der Waals surface area contributed by atoms with Crippen LogP contribution in [0.3, 0.4) is 0 Å². The predicted molar refractivity (Wildman–Crippen MR) is 110 cm³/mol. The van der Waals surface area contributed by atoms with Crippen LogP contribution in [0.2, 0.25) is 0 Å². The fourth-order valence-corrected chi connectivity index (χ4v) is 3.65. The average Bonchev–Trinajstić information content (AvgIpc) is 3.41. The molecule has 5 rings (SSSR count). The Balaban J connectivity index is 1.37. The van der Waals surface area contributed by atoms with Crippen LogP contribution < -0.4 is 4.74 Å². The molecule has 0 radical (unpaired) electrons. The minimum atomic E-state index is -0.392. The first-order chi connectivity index (χ1) is 15.2. The van der Waals surface area contributed by atoms with Crippen LogP contribution in [0, 0.1) is 5.82 Å². The number of hydrogen-bond acceptors (Lipinski definition) is 8. The zero-order valence-electron chi connectivity index (χ0n) is 16.3. The topological polar surface area (TPSA) is 91.2 Å². The van der Waals surface area contributed by atoms with Gasteiger partial charge in [-0.2, -0.15) is 9.61 Å². The summed E-state index contributed by atoms with van der Waals surface area (Å²) in [7, 11) is 1.63. The van der Waals surface area contributed by atoms with Crippen LogP contribution in [-0.2, 0) is 6.42 Å². The molecular formula is C21H15FN6O2S.